The molecule has 2 N–H and O–H groups in total. The van der Waals surface area contributed by atoms with E-state index in [-0.39, 0.29) is 18.7 Å². The van der Waals surface area contributed by atoms with Crippen LogP contribution in [-0.2, 0) is 9.59 Å². The highest BCUT2D eigenvalue weighted by Gasteiger charge is 2.03. The minimum atomic E-state index is -0.918. The topological polar surface area (TPSA) is 66.4 Å². The fourth-order valence-corrected chi connectivity index (χ4v) is 1.97. The monoisotopic (exact) mass is 271 g/mol. The van der Waals surface area contributed by atoms with Crippen LogP contribution in [0.1, 0.15) is 77.6 Å². The van der Waals surface area contributed by atoms with Crippen molar-refractivity contribution in [3.05, 3.63) is 0 Å². The molecule has 0 fully saturated rings. The number of rotatable bonds is 13. The lowest BCUT2D eigenvalue weighted by Gasteiger charge is -2.04. The number of carboxylic acids is 1. The number of hydrogen-bond donors (Lipinski definition) is 2. The molecule has 0 saturated heterocycles. The lowest BCUT2D eigenvalue weighted by atomic mass is 10.1. The van der Waals surface area contributed by atoms with Gasteiger partial charge in [-0.3, -0.25) is 9.59 Å². The fourth-order valence-electron chi connectivity index (χ4n) is 1.97. The third-order valence-electron chi connectivity index (χ3n) is 3.17. The van der Waals surface area contributed by atoms with Gasteiger partial charge < -0.3 is 10.4 Å². The Kier molecular flexibility index (Phi) is 12.6. The molecule has 0 spiro atoms. The first kappa shape index (κ1) is 17.9. The predicted octanol–water partition coefficient (Wildman–Crippen LogP) is 3.50. The van der Waals surface area contributed by atoms with Gasteiger partial charge in [0.05, 0.1) is 6.42 Å². The van der Waals surface area contributed by atoms with Crippen LogP contribution < -0.4 is 5.32 Å². The molecule has 0 heterocycles. The van der Waals surface area contributed by atoms with Crippen LogP contribution in [0.5, 0.6) is 0 Å². The summed E-state index contributed by atoms with van der Waals surface area (Å²) in [5, 5.41) is 11.2. The summed E-state index contributed by atoms with van der Waals surface area (Å²) in [5.74, 6) is -1.07. The van der Waals surface area contributed by atoms with Gasteiger partial charge in [-0.25, -0.2) is 0 Å². The molecule has 4 heteroatoms. The third kappa shape index (κ3) is 14.9. The summed E-state index contributed by atoms with van der Waals surface area (Å²) in [6, 6.07) is 0. The van der Waals surface area contributed by atoms with Crippen LogP contribution in [-0.4, -0.2) is 23.5 Å². The van der Waals surface area contributed by atoms with Crippen LogP contribution in [0.2, 0.25) is 0 Å². The van der Waals surface area contributed by atoms with Crippen molar-refractivity contribution >= 4 is 11.9 Å². The molecule has 4 nitrogen and oxygen atoms in total. The second-order valence-corrected chi connectivity index (χ2v) is 5.07. The van der Waals surface area contributed by atoms with Crippen molar-refractivity contribution in [2.24, 2.45) is 0 Å². The zero-order chi connectivity index (χ0) is 14.3. The molecular formula is C15H29NO3. The molecule has 0 rings (SSSR count). The quantitative estimate of drug-likeness (QED) is 0.504. The number of aliphatic carboxylic acids is 1. The Morgan fingerprint density at radius 3 is 1.89 bits per heavy atom. The maximum Gasteiger partial charge on any atom is 0.303 e. The van der Waals surface area contributed by atoms with Crippen molar-refractivity contribution in [3.63, 3.8) is 0 Å². The average Bonchev–Trinajstić information content (AvgIpc) is 2.38. The normalized spacial score (nSPS) is 10.4. The predicted molar refractivity (Wildman–Crippen MR) is 77.1 cm³/mol. The van der Waals surface area contributed by atoms with Crippen LogP contribution in [0, 0.1) is 0 Å². The van der Waals surface area contributed by atoms with Gasteiger partial charge in [0.25, 0.3) is 0 Å². The van der Waals surface area contributed by atoms with Crippen molar-refractivity contribution < 1.29 is 14.7 Å². The maximum absolute atomic E-state index is 11.2. The maximum atomic E-state index is 11.2. The highest BCUT2D eigenvalue weighted by atomic mass is 16.4. The minimum absolute atomic E-state index is 0.0798. The van der Waals surface area contributed by atoms with E-state index in [4.69, 9.17) is 5.11 Å². The Labute approximate surface area is 117 Å². The summed E-state index contributed by atoms with van der Waals surface area (Å²) in [4.78, 5) is 21.5. The van der Waals surface area contributed by atoms with E-state index < -0.39 is 5.97 Å². The van der Waals surface area contributed by atoms with E-state index in [0.29, 0.717) is 6.54 Å². The molecule has 0 aromatic heterocycles. The van der Waals surface area contributed by atoms with Crippen LogP contribution >= 0.6 is 0 Å². The highest BCUT2D eigenvalue weighted by molar-refractivity contribution is 5.80. The summed E-state index contributed by atoms with van der Waals surface area (Å²) in [6.07, 6.45) is 11.3. The molecule has 0 aliphatic rings. The van der Waals surface area contributed by atoms with E-state index >= 15 is 0 Å². The number of nitrogens with one attached hydrogen (secondary N) is 1. The minimum Gasteiger partial charge on any atom is -0.481 e. The SMILES string of the molecule is CCCCCCCCCCCNC(=O)CCC(=O)O. The first-order chi connectivity index (χ1) is 9.16. The largest absolute Gasteiger partial charge is 0.481 e. The van der Waals surface area contributed by atoms with Crippen LogP contribution in [0.15, 0.2) is 0 Å². The van der Waals surface area contributed by atoms with E-state index in [1.54, 1.807) is 0 Å². The summed E-state index contributed by atoms with van der Waals surface area (Å²) in [5.41, 5.74) is 0. The van der Waals surface area contributed by atoms with Crippen molar-refractivity contribution in [3.8, 4) is 0 Å². The number of amides is 1. The second-order valence-electron chi connectivity index (χ2n) is 5.07. The van der Waals surface area contributed by atoms with Crippen LogP contribution in [0.25, 0.3) is 0 Å². The Morgan fingerprint density at radius 1 is 0.842 bits per heavy atom. The van der Waals surface area contributed by atoms with Gasteiger partial charge >= 0.3 is 5.97 Å². The molecule has 19 heavy (non-hydrogen) atoms. The molecule has 0 radical (unpaired) electrons. The van der Waals surface area contributed by atoms with E-state index in [1.807, 2.05) is 0 Å². The van der Waals surface area contributed by atoms with Gasteiger partial charge in [-0.15, -0.1) is 0 Å². The molecule has 0 unspecified atom stereocenters. The van der Waals surface area contributed by atoms with Crippen molar-refractivity contribution in [2.45, 2.75) is 77.6 Å². The highest BCUT2D eigenvalue weighted by Crippen LogP contribution is 2.09. The smallest absolute Gasteiger partial charge is 0.303 e. The standard InChI is InChI=1S/C15H29NO3/c1-2-3-4-5-6-7-8-9-10-13-16-14(17)11-12-15(18)19/h2-13H2,1H3,(H,16,17)(H,18,19). The molecule has 0 aliphatic carbocycles. The molecule has 0 atom stereocenters. The lowest BCUT2D eigenvalue weighted by molar-refractivity contribution is -0.138. The molecular weight excluding hydrogens is 242 g/mol. The third-order valence-corrected chi connectivity index (χ3v) is 3.17. The van der Waals surface area contributed by atoms with Crippen molar-refractivity contribution in [1.82, 2.24) is 5.32 Å². The summed E-state index contributed by atoms with van der Waals surface area (Å²) < 4.78 is 0. The zero-order valence-corrected chi connectivity index (χ0v) is 12.2. The molecule has 112 valence electrons. The molecule has 1 amide bonds. The summed E-state index contributed by atoms with van der Waals surface area (Å²) >= 11 is 0. The number of unbranched alkanes of at least 4 members (excludes halogenated alkanes) is 8. The Morgan fingerprint density at radius 2 is 1.37 bits per heavy atom. The zero-order valence-electron chi connectivity index (χ0n) is 12.2. The van der Waals surface area contributed by atoms with Crippen LogP contribution in [0.4, 0.5) is 0 Å². The number of carbonyl (C=O) groups excluding carboxylic acids is 1. The van der Waals surface area contributed by atoms with E-state index in [0.717, 1.165) is 12.8 Å². The number of carboxylic acid groups (broad SMARTS) is 1. The molecule has 0 saturated carbocycles. The number of hydrogen-bond acceptors (Lipinski definition) is 2. The van der Waals surface area contributed by atoms with Gasteiger partial charge in [-0.05, 0) is 6.42 Å². The van der Waals surface area contributed by atoms with Gasteiger partial charge in [0, 0.05) is 13.0 Å². The summed E-state index contributed by atoms with van der Waals surface area (Å²) in [6.45, 7) is 2.90. The summed E-state index contributed by atoms with van der Waals surface area (Å²) in [7, 11) is 0. The number of carbonyl (C=O) groups is 2. The first-order valence-corrected chi connectivity index (χ1v) is 7.65. The van der Waals surface area contributed by atoms with E-state index in [2.05, 4.69) is 12.2 Å². The van der Waals surface area contributed by atoms with Crippen molar-refractivity contribution in [2.75, 3.05) is 6.54 Å². The van der Waals surface area contributed by atoms with Gasteiger partial charge in [0.15, 0.2) is 0 Å². The lowest BCUT2D eigenvalue weighted by Crippen LogP contribution is -2.24. The Balaban J connectivity index is 3.13. The fraction of sp³-hybridized carbons (Fsp3) is 0.867. The average molecular weight is 271 g/mol. The Hall–Kier alpha value is -1.06. The molecule has 0 aromatic rings. The van der Waals surface area contributed by atoms with E-state index in [9.17, 15) is 9.59 Å². The Bertz CT molecular complexity index is 242. The first-order valence-electron chi connectivity index (χ1n) is 7.65. The van der Waals surface area contributed by atoms with Gasteiger partial charge in [-0.2, -0.15) is 0 Å². The van der Waals surface area contributed by atoms with Gasteiger partial charge in [0.2, 0.25) is 5.91 Å². The molecule has 0 aromatic carbocycles. The van der Waals surface area contributed by atoms with Gasteiger partial charge in [-0.1, -0.05) is 58.3 Å². The molecule has 0 aliphatic heterocycles. The molecule has 0 bridgehead atoms. The van der Waals surface area contributed by atoms with E-state index in [1.165, 1.54) is 44.9 Å². The van der Waals surface area contributed by atoms with Crippen LogP contribution in [0.3, 0.4) is 0 Å². The van der Waals surface area contributed by atoms with Crippen molar-refractivity contribution in [1.29, 1.82) is 0 Å². The second kappa shape index (κ2) is 13.4. The van der Waals surface area contributed by atoms with Gasteiger partial charge in [0.1, 0.15) is 0 Å².